The topological polar surface area (TPSA) is 0 Å². The third kappa shape index (κ3) is 3.12. The summed E-state index contributed by atoms with van der Waals surface area (Å²) in [6, 6.07) is 0. The monoisotopic (exact) mass is 224 g/mol. The van der Waals surface area contributed by atoms with Crippen LogP contribution in [0.1, 0.15) is 74.7 Å². The predicted molar refractivity (Wildman–Crippen MR) is 75.7 cm³/mol. The Labute approximate surface area is 104 Å². The van der Waals surface area contributed by atoms with E-state index < -0.39 is 0 Å². The van der Waals surface area contributed by atoms with Gasteiger partial charge < -0.3 is 0 Å². The summed E-state index contributed by atoms with van der Waals surface area (Å²) in [4.78, 5) is 0. The molecule has 0 bridgehead atoms. The molecule has 0 rings (SSSR count). The Morgan fingerprint density at radius 1 is 0.875 bits per heavy atom. The molecule has 0 aromatic rings. The van der Waals surface area contributed by atoms with Gasteiger partial charge in [0.1, 0.15) is 0 Å². The molecule has 1 unspecified atom stereocenters. The van der Waals surface area contributed by atoms with E-state index in [1.54, 1.807) is 0 Å². The summed E-state index contributed by atoms with van der Waals surface area (Å²) in [5, 5.41) is 0. The number of allylic oxidation sites excluding steroid dienone is 1. The SMILES string of the molecule is C=C(C)C(C)(CC)CC(C)(C)C(C)(C)CC. The van der Waals surface area contributed by atoms with Gasteiger partial charge in [-0.1, -0.05) is 67.0 Å². The van der Waals surface area contributed by atoms with Crippen LogP contribution in [0, 0.1) is 16.2 Å². The molecule has 0 fully saturated rings. The Bertz CT molecular complexity index is 245. The van der Waals surface area contributed by atoms with Crippen LogP contribution in [-0.4, -0.2) is 0 Å². The van der Waals surface area contributed by atoms with Gasteiger partial charge in [0, 0.05) is 0 Å². The minimum atomic E-state index is 0.288. The molecule has 0 radical (unpaired) electrons. The van der Waals surface area contributed by atoms with Gasteiger partial charge in [0.25, 0.3) is 0 Å². The van der Waals surface area contributed by atoms with Crippen molar-refractivity contribution in [3.63, 3.8) is 0 Å². The molecule has 96 valence electrons. The van der Waals surface area contributed by atoms with E-state index in [-0.39, 0.29) is 5.41 Å². The second-order valence-corrected chi connectivity index (χ2v) is 6.99. The van der Waals surface area contributed by atoms with Gasteiger partial charge >= 0.3 is 0 Å². The Morgan fingerprint density at radius 2 is 1.31 bits per heavy atom. The normalized spacial score (nSPS) is 17.0. The van der Waals surface area contributed by atoms with Gasteiger partial charge in [-0.15, -0.1) is 0 Å². The van der Waals surface area contributed by atoms with Gasteiger partial charge in [-0.2, -0.15) is 0 Å². The summed E-state index contributed by atoms with van der Waals surface area (Å²) >= 11 is 0. The maximum absolute atomic E-state index is 4.19. The molecule has 0 saturated carbocycles. The van der Waals surface area contributed by atoms with Gasteiger partial charge in [0.15, 0.2) is 0 Å². The summed E-state index contributed by atoms with van der Waals surface area (Å²) in [6.07, 6.45) is 3.65. The zero-order valence-corrected chi connectivity index (χ0v) is 12.8. The second-order valence-electron chi connectivity index (χ2n) is 6.99. The highest BCUT2D eigenvalue weighted by Crippen LogP contribution is 2.51. The molecule has 16 heavy (non-hydrogen) atoms. The average Bonchev–Trinajstić information content (AvgIpc) is 2.16. The number of hydrogen-bond acceptors (Lipinski definition) is 0. The molecule has 0 aliphatic heterocycles. The van der Waals surface area contributed by atoms with Gasteiger partial charge in [-0.25, -0.2) is 0 Å². The Kier molecular flexibility index (Phi) is 4.86. The van der Waals surface area contributed by atoms with Crippen molar-refractivity contribution in [2.45, 2.75) is 74.7 Å². The first-order chi connectivity index (χ1) is 7.02. The number of rotatable bonds is 6. The molecule has 0 aliphatic carbocycles. The quantitative estimate of drug-likeness (QED) is 0.498. The van der Waals surface area contributed by atoms with Crippen LogP contribution in [0.3, 0.4) is 0 Å². The van der Waals surface area contributed by atoms with Crippen molar-refractivity contribution in [1.29, 1.82) is 0 Å². The van der Waals surface area contributed by atoms with Crippen molar-refractivity contribution < 1.29 is 0 Å². The lowest BCUT2D eigenvalue weighted by Crippen LogP contribution is -2.37. The fourth-order valence-corrected chi connectivity index (χ4v) is 2.27. The van der Waals surface area contributed by atoms with Crippen LogP contribution in [0.25, 0.3) is 0 Å². The first-order valence-electron chi connectivity index (χ1n) is 6.68. The summed E-state index contributed by atoms with van der Waals surface area (Å²) < 4.78 is 0. The Balaban J connectivity index is 5.02. The molecule has 0 heteroatoms. The van der Waals surface area contributed by atoms with E-state index in [0.717, 1.165) is 0 Å². The lowest BCUT2D eigenvalue weighted by atomic mass is 9.58. The molecular weight excluding hydrogens is 192 g/mol. The zero-order valence-electron chi connectivity index (χ0n) is 12.8. The molecule has 0 N–H and O–H groups in total. The third-order valence-electron chi connectivity index (χ3n) is 5.36. The van der Waals surface area contributed by atoms with Gasteiger partial charge in [-0.05, 0) is 36.0 Å². The van der Waals surface area contributed by atoms with E-state index in [1.165, 1.54) is 24.8 Å². The predicted octanol–water partition coefficient (Wildman–Crippen LogP) is 5.83. The van der Waals surface area contributed by atoms with Gasteiger partial charge in [-0.3, -0.25) is 0 Å². The van der Waals surface area contributed by atoms with Gasteiger partial charge in [0.2, 0.25) is 0 Å². The molecular formula is C16H32. The van der Waals surface area contributed by atoms with Crippen molar-refractivity contribution in [1.82, 2.24) is 0 Å². The van der Waals surface area contributed by atoms with E-state index in [9.17, 15) is 0 Å². The molecule has 0 saturated heterocycles. The van der Waals surface area contributed by atoms with E-state index in [0.29, 0.717) is 10.8 Å². The molecule has 0 amide bonds. The average molecular weight is 224 g/mol. The Morgan fingerprint density at radius 3 is 1.56 bits per heavy atom. The summed E-state index contributed by atoms with van der Waals surface area (Å²) in [5.74, 6) is 0. The lowest BCUT2D eigenvalue weighted by molar-refractivity contribution is 0.0534. The maximum Gasteiger partial charge on any atom is -0.0119 e. The fourth-order valence-electron chi connectivity index (χ4n) is 2.27. The van der Waals surface area contributed by atoms with Crippen LogP contribution < -0.4 is 0 Å². The summed E-state index contributed by atoms with van der Waals surface area (Å²) in [6.45, 7) is 22.9. The molecule has 1 atom stereocenters. The van der Waals surface area contributed by atoms with E-state index >= 15 is 0 Å². The van der Waals surface area contributed by atoms with E-state index in [2.05, 4.69) is 62.0 Å². The lowest BCUT2D eigenvalue weighted by Gasteiger charge is -2.47. The minimum Gasteiger partial charge on any atom is -0.0996 e. The van der Waals surface area contributed by atoms with Crippen LogP contribution in [0.15, 0.2) is 12.2 Å². The smallest absolute Gasteiger partial charge is 0.0119 e. The van der Waals surface area contributed by atoms with Crippen LogP contribution in [-0.2, 0) is 0 Å². The molecule has 0 heterocycles. The van der Waals surface area contributed by atoms with Crippen LogP contribution in [0.5, 0.6) is 0 Å². The Hall–Kier alpha value is -0.260. The third-order valence-corrected chi connectivity index (χ3v) is 5.36. The highest BCUT2D eigenvalue weighted by atomic mass is 14.5. The highest BCUT2D eigenvalue weighted by Gasteiger charge is 2.40. The van der Waals surface area contributed by atoms with Crippen molar-refractivity contribution in [3.05, 3.63) is 12.2 Å². The molecule has 0 aromatic carbocycles. The zero-order chi connectivity index (χ0) is 13.2. The summed E-state index contributed by atoms with van der Waals surface area (Å²) in [7, 11) is 0. The highest BCUT2D eigenvalue weighted by molar-refractivity contribution is 5.07. The molecule has 0 aliphatic rings. The largest absolute Gasteiger partial charge is 0.0996 e. The first kappa shape index (κ1) is 15.7. The molecule has 0 nitrogen and oxygen atoms in total. The van der Waals surface area contributed by atoms with Gasteiger partial charge in [0.05, 0.1) is 0 Å². The second kappa shape index (κ2) is 4.94. The maximum atomic E-state index is 4.19. The minimum absolute atomic E-state index is 0.288. The van der Waals surface area contributed by atoms with Crippen molar-refractivity contribution >= 4 is 0 Å². The number of hydrogen-bond donors (Lipinski definition) is 0. The summed E-state index contributed by atoms with van der Waals surface area (Å²) in [5.41, 5.74) is 2.36. The van der Waals surface area contributed by atoms with E-state index in [1.807, 2.05) is 0 Å². The first-order valence-corrected chi connectivity index (χ1v) is 6.68. The standard InChI is InChI=1S/C16H32/c1-10-14(5,6)15(7,8)12-16(9,11-2)13(3)4/h3,10-12H2,1-2,4-9H3. The fraction of sp³-hybridized carbons (Fsp3) is 0.875. The molecule has 0 aromatic heterocycles. The van der Waals surface area contributed by atoms with Crippen molar-refractivity contribution in [2.24, 2.45) is 16.2 Å². The van der Waals surface area contributed by atoms with E-state index in [4.69, 9.17) is 0 Å². The van der Waals surface area contributed by atoms with Crippen molar-refractivity contribution in [3.8, 4) is 0 Å². The van der Waals surface area contributed by atoms with Crippen LogP contribution >= 0.6 is 0 Å². The van der Waals surface area contributed by atoms with Crippen LogP contribution in [0.4, 0.5) is 0 Å². The molecule has 0 spiro atoms. The van der Waals surface area contributed by atoms with Crippen LogP contribution in [0.2, 0.25) is 0 Å². The van der Waals surface area contributed by atoms with Crippen molar-refractivity contribution in [2.75, 3.05) is 0 Å².